The summed E-state index contributed by atoms with van der Waals surface area (Å²) in [5.41, 5.74) is 2.54. The first-order chi connectivity index (χ1) is 16.3. The van der Waals surface area contributed by atoms with E-state index in [4.69, 9.17) is 4.42 Å². The molecule has 1 aliphatic rings. The van der Waals surface area contributed by atoms with Crippen LogP contribution in [-0.4, -0.2) is 41.9 Å². The minimum absolute atomic E-state index is 0.00656. The Hall–Kier alpha value is -4.10. The van der Waals surface area contributed by atoms with E-state index in [1.165, 1.54) is 40.9 Å². The number of rotatable bonds is 8. The van der Waals surface area contributed by atoms with Crippen LogP contribution in [-0.2, 0) is 10.0 Å². The number of sulfonamides is 1. The molecule has 4 rings (SSSR count). The summed E-state index contributed by atoms with van der Waals surface area (Å²) >= 11 is 0. The fourth-order valence-electron chi connectivity index (χ4n) is 3.51. The summed E-state index contributed by atoms with van der Waals surface area (Å²) in [6.07, 6.45) is 2.79. The van der Waals surface area contributed by atoms with E-state index in [1.54, 1.807) is 18.2 Å². The van der Waals surface area contributed by atoms with Gasteiger partial charge in [0.1, 0.15) is 17.2 Å². The number of hydrogen-bond donors (Lipinski definition) is 1. The highest BCUT2D eigenvalue weighted by Crippen LogP contribution is 2.30. The molecular weight excluding hydrogens is 466 g/mol. The van der Waals surface area contributed by atoms with Crippen LogP contribution in [0, 0.1) is 20.2 Å². The molecule has 0 spiro atoms. The first-order valence-corrected chi connectivity index (χ1v) is 11.6. The van der Waals surface area contributed by atoms with Gasteiger partial charge in [-0.3, -0.25) is 25.7 Å². The van der Waals surface area contributed by atoms with Gasteiger partial charge in [-0.15, -0.1) is 0 Å². The molecule has 1 fully saturated rings. The molecule has 0 radical (unpaired) electrons. The highest BCUT2D eigenvalue weighted by Gasteiger charge is 2.29. The number of nitro benzene ring substituents is 2. The minimum atomic E-state index is -3.80. The van der Waals surface area contributed by atoms with Crippen molar-refractivity contribution >= 4 is 33.3 Å². The topological polar surface area (TPSA) is 161 Å². The number of non-ortho nitro benzene ring substituents is 1. The Morgan fingerprint density at radius 2 is 1.76 bits per heavy atom. The quantitative estimate of drug-likeness (QED) is 0.284. The second-order valence-electron chi connectivity index (χ2n) is 7.43. The van der Waals surface area contributed by atoms with Gasteiger partial charge >= 0.3 is 0 Å². The molecule has 1 aliphatic heterocycles. The van der Waals surface area contributed by atoms with E-state index in [2.05, 4.69) is 10.5 Å². The Labute approximate surface area is 193 Å². The predicted molar refractivity (Wildman–Crippen MR) is 123 cm³/mol. The number of nitrogens with zero attached hydrogens (tertiary/aromatic N) is 4. The Balaban J connectivity index is 1.51. The molecule has 2 heterocycles. The molecule has 0 bridgehead atoms. The number of furan rings is 1. The molecule has 2 aromatic carbocycles. The molecule has 13 heteroatoms. The van der Waals surface area contributed by atoms with Gasteiger partial charge in [-0.05, 0) is 37.1 Å². The van der Waals surface area contributed by atoms with Gasteiger partial charge in [-0.1, -0.05) is 12.1 Å². The van der Waals surface area contributed by atoms with Crippen LogP contribution in [0.2, 0.25) is 0 Å². The summed E-state index contributed by atoms with van der Waals surface area (Å²) in [5, 5.41) is 26.4. The van der Waals surface area contributed by atoms with Crippen molar-refractivity contribution in [3.05, 3.63) is 80.6 Å². The van der Waals surface area contributed by atoms with E-state index in [1.807, 2.05) is 0 Å². The SMILES string of the molecule is O=[N+]([O-])c1cccc(-c2ccc(/C=N/Nc3ccc(S(=O)(=O)N4CCCC4)cc3[N+](=O)[O-])o2)c1. The second kappa shape index (κ2) is 9.41. The van der Waals surface area contributed by atoms with E-state index in [0.29, 0.717) is 30.2 Å². The zero-order valence-corrected chi connectivity index (χ0v) is 18.5. The van der Waals surface area contributed by atoms with Gasteiger partial charge in [-0.2, -0.15) is 9.41 Å². The fourth-order valence-corrected chi connectivity index (χ4v) is 5.05. The van der Waals surface area contributed by atoms with Crippen LogP contribution in [0.1, 0.15) is 18.6 Å². The van der Waals surface area contributed by atoms with Crippen molar-refractivity contribution in [2.75, 3.05) is 18.5 Å². The summed E-state index contributed by atoms with van der Waals surface area (Å²) in [4.78, 5) is 21.1. The fraction of sp³-hybridized carbons (Fsp3) is 0.190. The van der Waals surface area contributed by atoms with E-state index in [0.717, 1.165) is 18.9 Å². The zero-order chi connectivity index (χ0) is 24.3. The lowest BCUT2D eigenvalue weighted by molar-refractivity contribution is -0.384. The van der Waals surface area contributed by atoms with Crippen molar-refractivity contribution in [1.29, 1.82) is 0 Å². The molecule has 0 aliphatic carbocycles. The van der Waals surface area contributed by atoms with Crippen LogP contribution >= 0.6 is 0 Å². The summed E-state index contributed by atoms with van der Waals surface area (Å²) < 4.78 is 32.3. The molecule has 1 saturated heterocycles. The van der Waals surface area contributed by atoms with Gasteiger partial charge in [0.05, 0.1) is 21.0 Å². The Kier molecular flexibility index (Phi) is 6.38. The van der Waals surface area contributed by atoms with Crippen molar-refractivity contribution < 1.29 is 22.7 Å². The van der Waals surface area contributed by atoms with Crippen molar-refractivity contribution in [2.45, 2.75) is 17.7 Å². The van der Waals surface area contributed by atoms with Crippen molar-refractivity contribution in [3.8, 4) is 11.3 Å². The lowest BCUT2D eigenvalue weighted by atomic mass is 10.1. The van der Waals surface area contributed by atoms with Crippen LogP contribution in [0.3, 0.4) is 0 Å². The standard InChI is InChI=1S/C21H19N5O7S/c27-25(28)16-5-3-4-15(12-16)21-9-6-17(33-21)14-22-23-19-8-7-18(13-20(19)26(29)30)34(31,32)24-10-1-2-11-24/h3-9,12-14,23H,1-2,10-11H2/b22-14+. The van der Waals surface area contributed by atoms with Gasteiger partial charge < -0.3 is 4.42 Å². The van der Waals surface area contributed by atoms with Gasteiger partial charge in [0.25, 0.3) is 11.4 Å². The lowest BCUT2D eigenvalue weighted by Crippen LogP contribution is -2.27. The van der Waals surface area contributed by atoms with Crippen molar-refractivity contribution in [1.82, 2.24) is 4.31 Å². The van der Waals surface area contributed by atoms with E-state index >= 15 is 0 Å². The summed E-state index contributed by atoms with van der Waals surface area (Å²) in [6, 6.07) is 12.7. The first-order valence-electron chi connectivity index (χ1n) is 10.2. The maximum absolute atomic E-state index is 12.7. The van der Waals surface area contributed by atoms with Crippen LogP contribution in [0.5, 0.6) is 0 Å². The van der Waals surface area contributed by atoms with Crippen LogP contribution in [0.4, 0.5) is 17.1 Å². The normalized spacial score (nSPS) is 14.5. The van der Waals surface area contributed by atoms with E-state index < -0.39 is 25.6 Å². The first kappa shape index (κ1) is 23.1. The van der Waals surface area contributed by atoms with E-state index in [-0.39, 0.29) is 16.3 Å². The number of benzene rings is 2. The minimum Gasteiger partial charge on any atom is -0.455 e. The van der Waals surface area contributed by atoms with Gasteiger partial charge in [0.2, 0.25) is 10.0 Å². The van der Waals surface area contributed by atoms with Gasteiger partial charge in [0.15, 0.2) is 0 Å². The predicted octanol–water partition coefficient (Wildman–Crippen LogP) is 3.99. The summed E-state index contributed by atoms with van der Waals surface area (Å²) in [6.45, 7) is 0.782. The molecule has 3 aromatic rings. The molecule has 34 heavy (non-hydrogen) atoms. The number of anilines is 1. The summed E-state index contributed by atoms with van der Waals surface area (Å²) in [5.74, 6) is 0.678. The molecular formula is C21H19N5O7S. The van der Waals surface area contributed by atoms with E-state index in [9.17, 15) is 28.6 Å². The number of nitrogens with one attached hydrogen (secondary N) is 1. The highest BCUT2D eigenvalue weighted by molar-refractivity contribution is 7.89. The Bertz CT molecular complexity index is 1380. The molecule has 1 N–H and O–H groups in total. The van der Waals surface area contributed by atoms with Crippen LogP contribution in [0.25, 0.3) is 11.3 Å². The molecule has 0 saturated carbocycles. The third kappa shape index (κ3) is 4.79. The molecule has 0 amide bonds. The molecule has 0 atom stereocenters. The average molecular weight is 485 g/mol. The third-order valence-corrected chi connectivity index (χ3v) is 7.11. The van der Waals surface area contributed by atoms with Crippen molar-refractivity contribution in [2.24, 2.45) is 5.10 Å². The van der Waals surface area contributed by atoms with Gasteiger partial charge in [0, 0.05) is 36.9 Å². The average Bonchev–Trinajstić information content (AvgIpc) is 3.52. The Morgan fingerprint density at radius 1 is 1.00 bits per heavy atom. The van der Waals surface area contributed by atoms with Crippen LogP contribution < -0.4 is 5.43 Å². The zero-order valence-electron chi connectivity index (χ0n) is 17.7. The van der Waals surface area contributed by atoms with Crippen LogP contribution in [0.15, 0.2) is 69.0 Å². The van der Waals surface area contributed by atoms with Gasteiger partial charge in [-0.25, -0.2) is 8.42 Å². The molecule has 12 nitrogen and oxygen atoms in total. The number of hydrogen-bond acceptors (Lipinski definition) is 9. The lowest BCUT2D eigenvalue weighted by Gasteiger charge is -2.15. The number of nitro groups is 2. The number of hydrazone groups is 1. The third-order valence-electron chi connectivity index (χ3n) is 5.21. The Morgan fingerprint density at radius 3 is 2.47 bits per heavy atom. The maximum atomic E-state index is 12.7. The highest BCUT2D eigenvalue weighted by atomic mass is 32.2. The smallest absolute Gasteiger partial charge is 0.295 e. The monoisotopic (exact) mass is 485 g/mol. The molecule has 0 unspecified atom stereocenters. The van der Waals surface area contributed by atoms with Crippen molar-refractivity contribution in [3.63, 3.8) is 0 Å². The largest absolute Gasteiger partial charge is 0.455 e. The summed E-state index contributed by atoms with van der Waals surface area (Å²) in [7, 11) is -3.80. The maximum Gasteiger partial charge on any atom is 0.295 e. The molecule has 1 aromatic heterocycles. The second-order valence-corrected chi connectivity index (χ2v) is 9.36. The molecule has 176 valence electrons.